The molecule has 0 bridgehead atoms. The maximum absolute atomic E-state index is 11.9. The average molecular weight is 557 g/mol. The Kier molecular flexibility index (Phi) is 8.86. The second kappa shape index (κ2) is 10.2. The lowest BCUT2D eigenvalue weighted by molar-refractivity contribution is -0.0512. The fourth-order valence-corrected chi connectivity index (χ4v) is 9.65. The Morgan fingerprint density at radius 1 is 1.23 bits per heavy atom. The topological polar surface area (TPSA) is 242 Å². The molecule has 1 fully saturated rings. The second-order valence-corrected chi connectivity index (χ2v) is 14.3. The lowest BCUT2D eigenvalue weighted by Gasteiger charge is -2.24. The van der Waals surface area contributed by atoms with E-state index in [0.29, 0.717) is 0 Å². The fraction of sp³-hybridized carbons (Fsp3) is 0.556. The summed E-state index contributed by atoms with van der Waals surface area (Å²) in [6, 6.07) is -0.345. The summed E-state index contributed by atoms with van der Waals surface area (Å²) < 4.78 is 20.0. The van der Waals surface area contributed by atoms with Crippen molar-refractivity contribution in [2.45, 2.75) is 24.5 Å². The highest BCUT2D eigenvalue weighted by atomic mass is 32.5. The van der Waals surface area contributed by atoms with Crippen molar-refractivity contribution < 1.29 is 42.6 Å². The van der Waals surface area contributed by atoms with Gasteiger partial charge < -0.3 is 33.9 Å². The Bertz CT molecular complexity index is 1130. The third kappa shape index (κ3) is 7.84. The molecule has 1 aromatic rings. The molecule has 1 aromatic heterocycles. The number of aromatic nitrogens is 2. The van der Waals surface area contributed by atoms with Crippen molar-refractivity contribution in [3.05, 3.63) is 43.5 Å². The molecule has 0 amide bonds. The quantitative estimate of drug-likeness (QED) is 0.0940. The molecule has 31 heavy (non-hydrogen) atoms. The summed E-state index contributed by atoms with van der Waals surface area (Å²) in [7, 11) is 0. The van der Waals surface area contributed by atoms with Gasteiger partial charge in [0.1, 0.15) is 6.10 Å². The third-order valence-corrected chi connectivity index (χ3v) is 9.98. The summed E-state index contributed by atoms with van der Waals surface area (Å²) in [5.74, 6) is 0. The number of hydrogen-bond acceptors (Lipinski definition) is 11. The van der Waals surface area contributed by atoms with Gasteiger partial charge in [-0.1, -0.05) is 5.11 Å². The Labute approximate surface area is 187 Å². The minimum atomic E-state index is -4.51. The number of ether oxygens (including phenoxy) is 1. The predicted octanol–water partition coefficient (Wildman–Crippen LogP) is -0.834. The number of aliphatic hydroxyl groups is 1. The van der Waals surface area contributed by atoms with Gasteiger partial charge in [0.15, 0.2) is 6.23 Å². The van der Waals surface area contributed by atoms with E-state index in [4.69, 9.17) is 24.6 Å². The van der Waals surface area contributed by atoms with Crippen molar-refractivity contribution in [3.8, 4) is 0 Å². The van der Waals surface area contributed by atoms with Crippen molar-refractivity contribution >= 4 is 55.6 Å². The molecule has 1 aliphatic heterocycles. The van der Waals surface area contributed by atoms with Crippen LogP contribution in [0.15, 0.2) is 27.0 Å². The number of nitrogens with one attached hydrogen (secondary N) is 1. The molecule has 2 rings (SSSR count). The van der Waals surface area contributed by atoms with Crippen LogP contribution in [0, 0.1) is 0 Å². The largest absolute Gasteiger partial charge is 0.388 e. The highest BCUT2D eigenvalue weighted by molar-refractivity contribution is 8.17. The van der Waals surface area contributed by atoms with Gasteiger partial charge in [0.25, 0.3) is 5.56 Å². The summed E-state index contributed by atoms with van der Waals surface area (Å²) in [4.78, 5) is 65.5. The van der Waals surface area contributed by atoms with Crippen LogP contribution in [0.1, 0.15) is 6.23 Å². The van der Waals surface area contributed by atoms with Gasteiger partial charge in [0.05, 0.1) is 18.8 Å². The van der Waals surface area contributed by atoms with Crippen molar-refractivity contribution in [2.75, 3.05) is 6.61 Å². The summed E-state index contributed by atoms with van der Waals surface area (Å²) in [6.45, 7) is -14.0. The number of nitrogens with zero attached hydrogens (tertiary/aromatic N) is 4. The zero-order valence-electron chi connectivity index (χ0n) is 14.7. The molecule has 6 N–H and O–H groups in total. The lowest BCUT2D eigenvalue weighted by Crippen LogP contribution is -2.37. The van der Waals surface area contributed by atoms with Crippen LogP contribution in [0.5, 0.6) is 0 Å². The van der Waals surface area contributed by atoms with E-state index in [1.54, 1.807) is 0 Å². The third-order valence-electron chi connectivity index (χ3n) is 3.47. The van der Waals surface area contributed by atoms with Crippen molar-refractivity contribution in [1.29, 1.82) is 0 Å². The van der Waals surface area contributed by atoms with E-state index in [0.717, 1.165) is 16.8 Å². The van der Waals surface area contributed by atoms with E-state index in [1.165, 1.54) is 0 Å². The molecule has 6 atom stereocenters. The summed E-state index contributed by atoms with van der Waals surface area (Å²) in [5, 5.41) is 13.8. The van der Waals surface area contributed by atoms with Gasteiger partial charge >= 0.3 is 25.8 Å². The van der Waals surface area contributed by atoms with Crippen LogP contribution in [0.4, 0.5) is 0 Å². The molecule has 1 aliphatic rings. The van der Waals surface area contributed by atoms with Gasteiger partial charge in [-0.2, -0.15) is 0 Å². The first-order chi connectivity index (χ1) is 14.1. The monoisotopic (exact) mass is 557 g/mol. The molecule has 174 valence electrons. The smallest absolute Gasteiger partial charge is 0.339 e. The fourth-order valence-electron chi connectivity index (χ4n) is 2.40. The number of aliphatic hydroxyl groups excluding tert-OH is 1. The standard InChI is InChI=1S/C9H14N5O11P3S3/c10-13-12-6-4(3-22-27(20,30)25-28(21,31)24-26(18,19)29)23-8(7(6)16)14-2-1-5(15)11-9(14)17/h1-2,4,6-8,16H,3H2,(H,20,30)(H,21,31)(H,11,15,17)(H2,18,19,29)/t4-,6-,7-,8-,27?,28?/m1/s1. The molecule has 22 heteroatoms. The molecule has 0 saturated carbocycles. The molecular weight excluding hydrogens is 543 g/mol. The van der Waals surface area contributed by atoms with Crippen LogP contribution < -0.4 is 11.2 Å². The molecule has 16 nitrogen and oxygen atoms in total. The normalized spacial score (nSPS) is 27.8. The van der Waals surface area contributed by atoms with E-state index >= 15 is 0 Å². The minimum absolute atomic E-state index is 0.690. The van der Waals surface area contributed by atoms with Crippen LogP contribution in [0.2, 0.25) is 0 Å². The van der Waals surface area contributed by atoms with Gasteiger partial charge in [-0.3, -0.25) is 14.3 Å². The first-order valence-corrected chi connectivity index (χ1v) is 15.4. The molecule has 1 saturated heterocycles. The van der Waals surface area contributed by atoms with Gasteiger partial charge in [-0.05, 0) is 41.0 Å². The van der Waals surface area contributed by atoms with E-state index in [9.17, 15) is 24.5 Å². The Morgan fingerprint density at radius 2 is 1.87 bits per heavy atom. The van der Waals surface area contributed by atoms with Crippen LogP contribution >= 0.6 is 20.2 Å². The van der Waals surface area contributed by atoms with E-state index in [2.05, 4.69) is 54.1 Å². The van der Waals surface area contributed by atoms with Crippen LogP contribution in [0.3, 0.4) is 0 Å². The zero-order chi connectivity index (χ0) is 23.6. The first-order valence-electron chi connectivity index (χ1n) is 7.62. The molecule has 2 heterocycles. The summed E-state index contributed by atoms with van der Waals surface area (Å²) in [6.07, 6.45) is -3.23. The van der Waals surface area contributed by atoms with E-state index in [-0.39, 0.29) is 0 Å². The first kappa shape index (κ1) is 26.8. The Hall–Kier alpha value is -0.420. The van der Waals surface area contributed by atoms with E-state index < -0.39 is 62.5 Å². The van der Waals surface area contributed by atoms with Gasteiger partial charge in [0, 0.05) is 17.2 Å². The average Bonchev–Trinajstić information content (AvgIpc) is 2.87. The van der Waals surface area contributed by atoms with Crippen molar-refractivity contribution in [3.63, 3.8) is 0 Å². The van der Waals surface area contributed by atoms with Crippen molar-refractivity contribution in [1.82, 2.24) is 9.55 Å². The highest BCUT2D eigenvalue weighted by Crippen LogP contribution is 2.66. The van der Waals surface area contributed by atoms with Crippen LogP contribution in [0.25, 0.3) is 10.4 Å². The number of hydrogen-bond donors (Lipinski definition) is 6. The van der Waals surface area contributed by atoms with Gasteiger partial charge in [-0.15, -0.1) is 0 Å². The van der Waals surface area contributed by atoms with Gasteiger partial charge in [0.2, 0.25) is 0 Å². The Morgan fingerprint density at radius 3 is 2.42 bits per heavy atom. The lowest BCUT2D eigenvalue weighted by atomic mass is 10.1. The minimum Gasteiger partial charge on any atom is -0.388 e. The molecule has 0 spiro atoms. The molecule has 0 aromatic carbocycles. The van der Waals surface area contributed by atoms with Gasteiger partial charge in [-0.25, -0.2) is 13.4 Å². The van der Waals surface area contributed by atoms with Crippen LogP contribution in [-0.4, -0.2) is 59.1 Å². The Balaban J connectivity index is 2.17. The summed E-state index contributed by atoms with van der Waals surface area (Å²) in [5.41, 5.74) is 7.11. The molecule has 0 radical (unpaired) electrons. The molecule has 0 aliphatic carbocycles. The highest BCUT2D eigenvalue weighted by Gasteiger charge is 2.45. The predicted molar refractivity (Wildman–Crippen MR) is 114 cm³/mol. The number of azide groups is 1. The SMILES string of the molecule is [N-]=[N+]=N[C@H]1[C@@H](O)[C@H](n2ccc(=O)[nH]c2=O)O[C@@H]1COP(O)(=S)OP(O)(=S)OP(O)(O)=S. The molecular formula is C9H14N5O11P3S3. The summed E-state index contributed by atoms with van der Waals surface area (Å²) >= 11 is 13.2. The second-order valence-electron chi connectivity index (χ2n) is 5.66. The molecule has 2 unspecified atom stereocenters. The van der Waals surface area contributed by atoms with Crippen molar-refractivity contribution in [2.24, 2.45) is 5.11 Å². The maximum Gasteiger partial charge on any atom is 0.339 e. The van der Waals surface area contributed by atoms with E-state index in [1.807, 2.05) is 4.98 Å². The van der Waals surface area contributed by atoms with Crippen LogP contribution in [-0.2, 0) is 53.3 Å². The maximum atomic E-state index is 11.9. The zero-order valence-corrected chi connectivity index (χ0v) is 19.8. The number of rotatable bonds is 9. The number of aromatic amines is 1. The number of H-pyrrole nitrogens is 1.